The molecule has 4 heterocycles. The molecule has 0 aromatic carbocycles. The van der Waals surface area contributed by atoms with Gasteiger partial charge in [0.2, 0.25) is 0 Å². The van der Waals surface area contributed by atoms with Crippen molar-refractivity contribution in [3.8, 4) is 0 Å². The Labute approximate surface area is 181 Å². The number of carbonyl (C=O) groups excluding carboxylic acids is 1. The van der Waals surface area contributed by atoms with Crippen molar-refractivity contribution in [2.75, 3.05) is 18.0 Å². The molecule has 162 valence electrons. The van der Waals surface area contributed by atoms with Gasteiger partial charge in [0, 0.05) is 72.7 Å². The summed E-state index contributed by atoms with van der Waals surface area (Å²) in [5, 5.41) is 11.3. The molecule has 7 nitrogen and oxygen atoms in total. The summed E-state index contributed by atoms with van der Waals surface area (Å²) in [5.41, 5.74) is 9.35. The first-order chi connectivity index (χ1) is 15.0. The van der Waals surface area contributed by atoms with Crippen LogP contribution in [0.1, 0.15) is 48.3 Å². The fourth-order valence-corrected chi connectivity index (χ4v) is 4.78. The van der Waals surface area contributed by atoms with E-state index >= 15 is 0 Å². The highest BCUT2D eigenvalue weighted by Crippen LogP contribution is 2.34. The summed E-state index contributed by atoms with van der Waals surface area (Å²) >= 11 is 0. The standard InChI is InChI=1S/C24H29N5O2/c1-15-13-28(14-19(25)23(15)31)21-7-9-26-12-17(21)11-22(30)20-6-5-16-8-10-29(24(16)27-20)18-3-2-4-18/h5-10,12,15,18-19,23,31H,2-4,11,13-14,25H2,1H3/t15-,19+,23+/m0/s1. The predicted molar refractivity (Wildman–Crippen MR) is 120 cm³/mol. The quantitative estimate of drug-likeness (QED) is 0.617. The van der Waals surface area contributed by atoms with Gasteiger partial charge < -0.3 is 20.3 Å². The average Bonchev–Trinajstić information content (AvgIpc) is 3.13. The van der Waals surface area contributed by atoms with E-state index in [0.717, 1.165) is 22.3 Å². The van der Waals surface area contributed by atoms with Crippen LogP contribution in [0.5, 0.6) is 0 Å². The number of fused-ring (bicyclic) bond motifs is 1. The molecule has 5 rings (SSSR count). The minimum Gasteiger partial charge on any atom is -0.391 e. The van der Waals surface area contributed by atoms with Crippen molar-refractivity contribution >= 4 is 22.5 Å². The fourth-order valence-electron chi connectivity index (χ4n) is 4.78. The van der Waals surface area contributed by atoms with Gasteiger partial charge in [-0.1, -0.05) is 6.92 Å². The second kappa shape index (κ2) is 8.05. The highest BCUT2D eigenvalue weighted by molar-refractivity contribution is 5.98. The maximum atomic E-state index is 13.2. The first kappa shape index (κ1) is 20.2. The Morgan fingerprint density at radius 3 is 2.81 bits per heavy atom. The third-order valence-electron chi connectivity index (χ3n) is 6.85. The molecule has 2 fully saturated rings. The lowest BCUT2D eigenvalue weighted by Crippen LogP contribution is -2.55. The van der Waals surface area contributed by atoms with Gasteiger partial charge in [-0.2, -0.15) is 0 Å². The van der Waals surface area contributed by atoms with Crippen LogP contribution in [0.4, 0.5) is 5.69 Å². The number of pyridine rings is 2. The molecular weight excluding hydrogens is 390 g/mol. The zero-order chi connectivity index (χ0) is 21.5. The number of nitrogens with zero attached hydrogens (tertiary/aromatic N) is 4. The molecule has 1 saturated heterocycles. The summed E-state index contributed by atoms with van der Waals surface area (Å²) in [4.78, 5) is 24.3. The molecule has 3 atom stereocenters. The lowest BCUT2D eigenvalue weighted by Gasteiger charge is -2.40. The average molecular weight is 420 g/mol. The van der Waals surface area contributed by atoms with Gasteiger partial charge in [0.05, 0.1) is 6.10 Å². The van der Waals surface area contributed by atoms with Crippen molar-refractivity contribution in [1.29, 1.82) is 0 Å². The number of Topliss-reactive ketones (excluding diaryl/α,β-unsaturated/α-hetero) is 1. The molecule has 1 aliphatic carbocycles. The lowest BCUT2D eigenvalue weighted by atomic mass is 9.92. The van der Waals surface area contributed by atoms with Crippen molar-refractivity contribution in [3.05, 3.63) is 54.1 Å². The number of hydrogen-bond donors (Lipinski definition) is 2. The van der Waals surface area contributed by atoms with Gasteiger partial charge in [-0.15, -0.1) is 0 Å². The maximum absolute atomic E-state index is 13.2. The number of piperidine rings is 1. The van der Waals surface area contributed by atoms with Crippen LogP contribution in [0.25, 0.3) is 11.0 Å². The van der Waals surface area contributed by atoms with Gasteiger partial charge in [-0.3, -0.25) is 9.78 Å². The van der Waals surface area contributed by atoms with Crippen molar-refractivity contribution in [1.82, 2.24) is 14.5 Å². The van der Waals surface area contributed by atoms with Gasteiger partial charge >= 0.3 is 0 Å². The van der Waals surface area contributed by atoms with E-state index in [0.29, 0.717) is 24.8 Å². The predicted octanol–water partition coefficient (Wildman–Crippen LogP) is 2.73. The molecule has 31 heavy (non-hydrogen) atoms. The second-order valence-corrected chi connectivity index (χ2v) is 9.06. The Morgan fingerprint density at radius 2 is 2.06 bits per heavy atom. The molecule has 3 aromatic heterocycles. The first-order valence-corrected chi connectivity index (χ1v) is 11.1. The summed E-state index contributed by atoms with van der Waals surface area (Å²) < 4.78 is 2.22. The van der Waals surface area contributed by atoms with Crippen molar-refractivity contribution in [2.24, 2.45) is 11.7 Å². The third kappa shape index (κ3) is 3.72. The molecule has 0 bridgehead atoms. The van der Waals surface area contributed by atoms with Crippen LogP contribution in [0.3, 0.4) is 0 Å². The van der Waals surface area contributed by atoms with Crippen LogP contribution in [-0.2, 0) is 6.42 Å². The number of carbonyl (C=O) groups is 1. The molecule has 0 unspecified atom stereocenters. The Hall–Kier alpha value is -2.77. The molecule has 1 aliphatic heterocycles. The third-order valence-corrected chi connectivity index (χ3v) is 6.85. The monoisotopic (exact) mass is 419 g/mol. The number of hydrogen-bond acceptors (Lipinski definition) is 6. The zero-order valence-corrected chi connectivity index (χ0v) is 17.8. The van der Waals surface area contributed by atoms with Crippen LogP contribution >= 0.6 is 0 Å². The highest BCUT2D eigenvalue weighted by Gasteiger charge is 2.32. The molecule has 0 spiro atoms. The molecule has 0 amide bonds. The van der Waals surface area contributed by atoms with E-state index in [2.05, 4.69) is 26.7 Å². The van der Waals surface area contributed by atoms with Crippen molar-refractivity contribution in [2.45, 2.75) is 50.8 Å². The lowest BCUT2D eigenvalue weighted by molar-refractivity contribution is 0.0784. The molecule has 7 heteroatoms. The van der Waals surface area contributed by atoms with Crippen LogP contribution in [0, 0.1) is 5.92 Å². The SMILES string of the molecule is C[C@H]1CN(c2ccncc2CC(=O)c2ccc3ccn(C4CCC4)c3n2)C[C@@H](N)[C@@H]1O. The highest BCUT2D eigenvalue weighted by atomic mass is 16.3. The fraction of sp³-hybridized carbons (Fsp3) is 0.458. The van der Waals surface area contributed by atoms with E-state index in [4.69, 9.17) is 10.7 Å². The summed E-state index contributed by atoms with van der Waals surface area (Å²) in [6.45, 7) is 3.24. The number of ketones is 1. The van der Waals surface area contributed by atoms with Crippen molar-refractivity contribution < 1.29 is 9.90 Å². The van der Waals surface area contributed by atoms with Gasteiger partial charge in [-0.05, 0) is 43.5 Å². The van der Waals surface area contributed by atoms with E-state index in [1.54, 1.807) is 12.4 Å². The Kier molecular flexibility index (Phi) is 5.24. The first-order valence-electron chi connectivity index (χ1n) is 11.1. The Morgan fingerprint density at radius 1 is 1.23 bits per heavy atom. The minimum absolute atomic E-state index is 0.0214. The van der Waals surface area contributed by atoms with Gasteiger partial charge in [0.25, 0.3) is 0 Å². The number of anilines is 1. The van der Waals surface area contributed by atoms with Crippen LogP contribution in [-0.4, -0.2) is 50.7 Å². The molecule has 3 N–H and O–H groups in total. The van der Waals surface area contributed by atoms with E-state index in [9.17, 15) is 9.90 Å². The van der Waals surface area contributed by atoms with Gasteiger partial charge in [0.15, 0.2) is 5.78 Å². The van der Waals surface area contributed by atoms with E-state index in [1.807, 2.05) is 25.1 Å². The van der Waals surface area contributed by atoms with Crippen LogP contribution < -0.4 is 10.6 Å². The van der Waals surface area contributed by atoms with E-state index in [-0.39, 0.29) is 24.2 Å². The Balaban J connectivity index is 1.40. The Bertz CT molecular complexity index is 1090. The van der Waals surface area contributed by atoms with E-state index in [1.165, 1.54) is 19.3 Å². The van der Waals surface area contributed by atoms with Crippen LogP contribution in [0.15, 0.2) is 42.9 Å². The summed E-state index contributed by atoms with van der Waals surface area (Å²) in [5.74, 6) is 0.0377. The molecule has 3 aromatic rings. The zero-order valence-electron chi connectivity index (χ0n) is 17.8. The summed E-state index contributed by atoms with van der Waals surface area (Å²) in [7, 11) is 0. The normalized spacial score (nSPS) is 24.4. The topological polar surface area (TPSA) is 97.3 Å². The molecule has 2 aliphatic rings. The van der Waals surface area contributed by atoms with Gasteiger partial charge in [-0.25, -0.2) is 4.98 Å². The number of aromatic nitrogens is 3. The van der Waals surface area contributed by atoms with Crippen molar-refractivity contribution in [3.63, 3.8) is 0 Å². The van der Waals surface area contributed by atoms with Crippen LogP contribution in [0.2, 0.25) is 0 Å². The second-order valence-electron chi connectivity index (χ2n) is 9.06. The number of aliphatic hydroxyl groups is 1. The number of aliphatic hydroxyl groups excluding tert-OH is 1. The minimum atomic E-state index is -0.508. The largest absolute Gasteiger partial charge is 0.391 e. The summed E-state index contributed by atoms with van der Waals surface area (Å²) in [6, 6.07) is 7.99. The molecule has 1 saturated carbocycles. The number of rotatable bonds is 5. The van der Waals surface area contributed by atoms with Gasteiger partial charge in [0.1, 0.15) is 11.3 Å². The maximum Gasteiger partial charge on any atom is 0.185 e. The number of nitrogens with two attached hydrogens (primary N) is 1. The molecule has 0 radical (unpaired) electrons. The van der Waals surface area contributed by atoms with E-state index < -0.39 is 6.10 Å². The summed E-state index contributed by atoms with van der Waals surface area (Å²) in [6.07, 6.45) is 8.90. The smallest absolute Gasteiger partial charge is 0.185 e. The molecular formula is C24H29N5O2.